The Kier molecular flexibility index (Phi) is 6.26. The molecule has 2 atom stereocenters. The molecular formula is C26H23FN2O4S. The van der Waals surface area contributed by atoms with E-state index in [1.165, 1.54) is 29.5 Å². The summed E-state index contributed by atoms with van der Waals surface area (Å²) in [5, 5.41) is 4.51. The molecule has 1 amide bonds. The largest absolute Gasteiger partial charge is 0.443 e. The van der Waals surface area contributed by atoms with E-state index in [2.05, 4.69) is 10.3 Å². The lowest BCUT2D eigenvalue weighted by Crippen LogP contribution is -2.37. The van der Waals surface area contributed by atoms with Crippen LogP contribution in [0.15, 0.2) is 54.6 Å². The van der Waals surface area contributed by atoms with Crippen molar-refractivity contribution < 1.29 is 23.5 Å². The summed E-state index contributed by atoms with van der Waals surface area (Å²) in [4.78, 5) is 31.7. The molecule has 34 heavy (non-hydrogen) atoms. The van der Waals surface area contributed by atoms with E-state index < -0.39 is 23.8 Å². The first-order chi connectivity index (χ1) is 16.5. The van der Waals surface area contributed by atoms with E-state index in [-0.39, 0.29) is 18.2 Å². The Balaban J connectivity index is 1.41. The molecule has 6 nitrogen and oxygen atoms in total. The molecule has 0 bridgehead atoms. The predicted molar refractivity (Wildman–Crippen MR) is 128 cm³/mol. The van der Waals surface area contributed by atoms with Gasteiger partial charge in [-0.3, -0.25) is 4.79 Å². The van der Waals surface area contributed by atoms with Gasteiger partial charge in [-0.25, -0.2) is 14.2 Å². The SMILES string of the molecule is Cc1ccc2cc3cc(C(=O)O[C@@H](C(=O)NC[C@@H]4CCCO4)c4ccccc4F)sc3nc2c1. The Morgan fingerprint density at radius 2 is 2.06 bits per heavy atom. The van der Waals surface area contributed by atoms with Gasteiger partial charge in [-0.1, -0.05) is 30.3 Å². The van der Waals surface area contributed by atoms with E-state index >= 15 is 0 Å². The third-order valence-electron chi connectivity index (χ3n) is 5.84. The molecule has 2 aromatic heterocycles. The van der Waals surface area contributed by atoms with Gasteiger partial charge in [0.1, 0.15) is 15.5 Å². The lowest BCUT2D eigenvalue weighted by molar-refractivity contribution is -0.131. The molecule has 4 aromatic rings. The van der Waals surface area contributed by atoms with Gasteiger partial charge in [0.2, 0.25) is 6.10 Å². The van der Waals surface area contributed by atoms with Gasteiger partial charge in [-0.2, -0.15) is 0 Å². The number of amides is 1. The predicted octanol–water partition coefficient (Wildman–Crippen LogP) is 5.09. The Morgan fingerprint density at radius 1 is 1.21 bits per heavy atom. The van der Waals surface area contributed by atoms with E-state index in [0.717, 1.165) is 34.7 Å². The lowest BCUT2D eigenvalue weighted by atomic mass is 10.1. The third kappa shape index (κ3) is 4.64. The van der Waals surface area contributed by atoms with Crippen molar-refractivity contribution in [1.82, 2.24) is 10.3 Å². The zero-order chi connectivity index (χ0) is 23.7. The molecule has 1 aliphatic heterocycles. The average molecular weight is 479 g/mol. The van der Waals surface area contributed by atoms with Crippen molar-refractivity contribution in [3.63, 3.8) is 0 Å². The Bertz CT molecular complexity index is 1380. The topological polar surface area (TPSA) is 77.5 Å². The first-order valence-electron chi connectivity index (χ1n) is 11.1. The summed E-state index contributed by atoms with van der Waals surface area (Å²) < 4.78 is 25.7. The van der Waals surface area contributed by atoms with Crippen LogP contribution in [0.2, 0.25) is 0 Å². The fraction of sp³-hybridized carbons (Fsp3) is 0.269. The molecule has 1 aliphatic rings. The maximum Gasteiger partial charge on any atom is 0.349 e. The molecule has 1 fully saturated rings. The number of benzene rings is 2. The number of thiophene rings is 1. The van der Waals surface area contributed by atoms with Crippen molar-refractivity contribution in [2.75, 3.05) is 13.2 Å². The fourth-order valence-corrected chi connectivity index (χ4v) is 4.97. The van der Waals surface area contributed by atoms with Crippen molar-refractivity contribution >= 4 is 44.3 Å². The van der Waals surface area contributed by atoms with Crippen LogP contribution in [0.1, 0.15) is 39.7 Å². The van der Waals surface area contributed by atoms with E-state index in [0.29, 0.717) is 16.3 Å². The number of halogens is 1. The van der Waals surface area contributed by atoms with Crippen LogP contribution in [0, 0.1) is 12.7 Å². The highest BCUT2D eigenvalue weighted by atomic mass is 32.1. The smallest absolute Gasteiger partial charge is 0.349 e. The van der Waals surface area contributed by atoms with Crippen LogP contribution in [0.3, 0.4) is 0 Å². The van der Waals surface area contributed by atoms with Crippen LogP contribution < -0.4 is 5.32 Å². The van der Waals surface area contributed by atoms with Crippen molar-refractivity contribution in [3.8, 4) is 0 Å². The van der Waals surface area contributed by atoms with Crippen LogP contribution in [-0.2, 0) is 14.3 Å². The minimum absolute atomic E-state index is 0.00106. The van der Waals surface area contributed by atoms with Crippen LogP contribution in [-0.4, -0.2) is 36.1 Å². The molecule has 0 unspecified atom stereocenters. The number of carbonyl (C=O) groups is 2. The van der Waals surface area contributed by atoms with Gasteiger partial charge in [-0.05, 0) is 49.6 Å². The van der Waals surface area contributed by atoms with Crippen LogP contribution >= 0.6 is 11.3 Å². The highest BCUT2D eigenvalue weighted by Gasteiger charge is 2.30. The molecule has 0 radical (unpaired) electrons. The number of nitrogens with zero attached hydrogens (tertiary/aromatic N) is 1. The number of esters is 1. The normalized spacial score (nSPS) is 16.6. The van der Waals surface area contributed by atoms with Gasteiger partial charge in [0.15, 0.2) is 0 Å². The molecule has 2 aromatic carbocycles. The first-order valence-corrected chi connectivity index (χ1v) is 12.0. The van der Waals surface area contributed by atoms with E-state index in [4.69, 9.17) is 9.47 Å². The summed E-state index contributed by atoms with van der Waals surface area (Å²) in [6, 6.07) is 15.4. The number of fused-ring (bicyclic) bond motifs is 2. The standard InChI is InChI=1S/C26H23FN2O4S/c1-15-8-9-16-12-17-13-22(34-25(17)29-21(16)11-15)26(31)33-23(19-6-2-3-7-20(19)27)24(30)28-14-18-5-4-10-32-18/h2-3,6-9,11-13,18,23H,4-5,10,14H2,1H3,(H,28,30)/t18-,23+/m0/s1. The van der Waals surface area contributed by atoms with E-state index in [1.54, 1.807) is 12.1 Å². The maximum absolute atomic E-state index is 14.6. The van der Waals surface area contributed by atoms with E-state index in [1.807, 2.05) is 31.2 Å². The molecule has 1 N–H and O–H groups in total. The fourth-order valence-electron chi connectivity index (χ4n) is 4.06. The minimum Gasteiger partial charge on any atom is -0.443 e. The lowest BCUT2D eigenvalue weighted by Gasteiger charge is -2.19. The monoisotopic (exact) mass is 478 g/mol. The van der Waals surface area contributed by atoms with Gasteiger partial charge in [0.05, 0.1) is 11.6 Å². The molecule has 3 heterocycles. The Hall–Kier alpha value is -3.36. The Morgan fingerprint density at radius 3 is 2.85 bits per heavy atom. The molecule has 5 rings (SSSR count). The maximum atomic E-state index is 14.6. The van der Waals surface area contributed by atoms with Gasteiger partial charge in [0, 0.05) is 29.5 Å². The van der Waals surface area contributed by atoms with Gasteiger partial charge in [-0.15, -0.1) is 11.3 Å². The Labute approximate surface area is 199 Å². The number of aromatic nitrogens is 1. The second-order valence-corrected chi connectivity index (χ2v) is 9.41. The van der Waals surface area contributed by atoms with Crippen molar-refractivity contribution in [3.05, 3.63) is 76.4 Å². The zero-order valence-corrected chi connectivity index (χ0v) is 19.4. The molecule has 174 valence electrons. The van der Waals surface area contributed by atoms with Crippen LogP contribution in [0.5, 0.6) is 0 Å². The number of nitrogens with one attached hydrogen (secondary N) is 1. The summed E-state index contributed by atoms with van der Waals surface area (Å²) >= 11 is 1.18. The second-order valence-electron chi connectivity index (χ2n) is 8.38. The summed E-state index contributed by atoms with van der Waals surface area (Å²) in [6.45, 7) is 2.93. The molecular weight excluding hydrogens is 455 g/mol. The molecule has 8 heteroatoms. The van der Waals surface area contributed by atoms with Crippen molar-refractivity contribution in [2.24, 2.45) is 0 Å². The third-order valence-corrected chi connectivity index (χ3v) is 6.86. The van der Waals surface area contributed by atoms with E-state index in [9.17, 15) is 14.0 Å². The second kappa shape index (κ2) is 9.48. The summed E-state index contributed by atoms with van der Waals surface area (Å²) in [6.07, 6.45) is 0.260. The minimum atomic E-state index is -1.42. The van der Waals surface area contributed by atoms with Crippen molar-refractivity contribution in [1.29, 1.82) is 0 Å². The quantitative estimate of drug-likeness (QED) is 0.391. The molecule has 0 aliphatic carbocycles. The van der Waals surface area contributed by atoms with Crippen molar-refractivity contribution in [2.45, 2.75) is 32.0 Å². The number of hydrogen-bond acceptors (Lipinski definition) is 6. The van der Waals surface area contributed by atoms with Gasteiger partial charge < -0.3 is 14.8 Å². The number of carbonyl (C=O) groups excluding carboxylic acids is 2. The zero-order valence-electron chi connectivity index (χ0n) is 18.5. The highest BCUT2D eigenvalue weighted by Crippen LogP contribution is 2.30. The molecule has 0 spiro atoms. The average Bonchev–Trinajstić information content (AvgIpc) is 3.49. The number of ether oxygens (including phenoxy) is 2. The van der Waals surface area contributed by atoms with Gasteiger partial charge in [0.25, 0.3) is 5.91 Å². The number of hydrogen-bond donors (Lipinski definition) is 1. The molecule has 0 saturated carbocycles. The number of aryl methyl sites for hydroxylation is 1. The van der Waals surface area contributed by atoms with Gasteiger partial charge >= 0.3 is 5.97 Å². The summed E-state index contributed by atoms with van der Waals surface area (Å²) in [5.74, 6) is -1.91. The van der Waals surface area contributed by atoms with Crippen LogP contribution in [0.25, 0.3) is 21.1 Å². The number of pyridine rings is 1. The summed E-state index contributed by atoms with van der Waals surface area (Å²) in [5.41, 5.74) is 1.94. The first kappa shape index (κ1) is 22.4. The highest BCUT2D eigenvalue weighted by molar-refractivity contribution is 7.20. The molecule has 1 saturated heterocycles. The number of rotatable bonds is 6. The summed E-state index contributed by atoms with van der Waals surface area (Å²) in [7, 11) is 0. The van der Waals surface area contributed by atoms with Crippen LogP contribution in [0.4, 0.5) is 4.39 Å².